The van der Waals surface area contributed by atoms with E-state index in [4.69, 9.17) is 16.3 Å². The molecule has 2 aromatic carbocycles. The number of carbonyl (C=O) groups is 1. The molecule has 0 atom stereocenters. The number of nitrogens with one attached hydrogen (secondary N) is 1. The molecule has 188 valence electrons. The zero-order valence-corrected chi connectivity index (χ0v) is 21.7. The number of amides is 1. The number of benzene rings is 2. The van der Waals surface area contributed by atoms with Gasteiger partial charge in [0.05, 0.1) is 5.69 Å². The van der Waals surface area contributed by atoms with Crippen LogP contribution in [0.3, 0.4) is 0 Å². The number of ether oxygens (including phenoxy) is 1. The summed E-state index contributed by atoms with van der Waals surface area (Å²) in [6.07, 6.45) is 0. The van der Waals surface area contributed by atoms with Gasteiger partial charge in [0.1, 0.15) is 11.3 Å². The molecule has 36 heavy (non-hydrogen) atoms. The van der Waals surface area contributed by atoms with Crippen LogP contribution in [0.1, 0.15) is 35.6 Å². The van der Waals surface area contributed by atoms with Crippen LogP contribution < -0.4 is 9.46 Å². The average Bonchev–Trinajstić information content (AvgIpc) is 2.81. The molecule has 0 bridgehead atoms. The molecule has 2 heterocycles. The molecule has 0 spiro atoms. The Morgan fingerprint density at radius 3 is 2.22 bits per heavy atom. The number of hydrogen-bond acceptors (Lipinski definition) is 6. The standard InChI is InChI=1S/C27H24ClN3O4S.2H2/c1-16-14-17(2)25(18(3)15-16)35-27-22(12-13-23(30-27)20-8-10-21(28)11-9-20)26(32)31-36(33,34)24-7-5-6-19(4)29-24;;/h5-15H,1-4H3,(H,31,32);2*1H. The average molecular weight is 526 g/mol. The number of rotatable bonds is 6. The Bertz CT molecular complexity index is 1560. The van der Waals surface area contributed by atoms with Gasteiger partial charge in [0.15, 0.2) is 5.03 Å². The van der Waals surface area contributed by atoms with Crippen molar-refractivity contribution < 1.29 is 20.8 Å². The highest BCUT2D eigenvalue weighted by atomic mass is 35.5. The van der Waals surface area contributed by atoms with E-state index in [0.29, 0.717) is 22.2 Å². The van der Waals surface area contributed by atoms with Crippen LogP contribution in [-0.4, -0.2) is 24.3 Å². The lowest BCUT2D eigenvalue weighted by Gasteiger charge is -2.16. The molecular formula is C27H28ClN3O4S. The van der Waals surface area contributed by atoms with Crippen molar-refractivity contribution in [1.29, 1.82) is 0 Å². The molecule has 0 saturated heterocycles. The van der Waals surface area contributed by atoms with Gasteiger partial charge in [0, 0.05) is 19.1 Å². The maximum absolute atomic E-state index is 13.2. The van der Waals surface area contributed by atoms with Crippen molar-refractivity contribution in [3.8, 4) is 22.9 Å². The third-order valence-corrected chi connectivity index (χ3v) is 6.90. The first kappa shape index (κ1) is 25.3. The summed E-state index contributed by atoms with van der Waals surface area (Å²) in [5.41, 5.74) is 4.53. The molecule has 1 N–H and O–H groups in total. The molecule has 4 aromatic rings. The maximum Gasteiger partial charge on any atom is 0.281 e. The second-order valence-electron chi connectivity index (χ2n) is 8.44. The van der Waals surface area contributed by atoms with Crippen molar-refractivity contribution in [2.24, 2.45) is 0 Å². The summed E-state index contributed by atoms with van der Waals surface area (Å²) in [5, 5.41) is 0.321. The number of sulfonamides is 1. The van der Waals surface area contributed by atoms with Crippen molar-refractivity contribution in [3.63, 3.8) is 0 Å². The third-order valence-electron chi connectivity index (χ3n) is 5.41. The van der Waals surface area contributed by atoms with Crippen LogP contribution in [0.15, 0.2) is 71.8 Å². The minimum Gasteiger partial charge on any atom is -0.438 e. The van der Waals surface area contributed by atoms with Gasteiger partial charge in [-0.3, -0.25) is 4.79 Å². The van der Waals surface area contributed by atoms with E-state index in [2.05, 4.69) is 14.7 Å². The maximum atomic E-state index is 13.2. The SMILES string of the molecule is Cc1cc(C)c(Oc2nc(-c3ccc(Cl)cc3)ccc2C(=O)NS(=O)(=O)c2cccc(C)n2)c(C)c1.[HH].[HH]. The molecule has 0 fully saturated rings. The molecule has 9 heteroatoms. The van der Waals surface area contributed by atoms with Crippen LogP contribution in [0.25, 0.3) is 11.3 Å². The first-order valence-corrected chi connectivity index (χ1v) is 12.9. The molecule has 7 nitrogen and oxygen atoms in total. The Morgan fingerprint density at radius 1 is 0.917 bits per heavy atom. The summed E-state index contributed by atoms with van der Waals surface area (Å²) in [5.74, 6) is -0.369. The first-order chi connectivity index (χ1) is 17.0. The number of carbonyl (C=O) groups excluding carboxylic acids is 1. The Kier molecular flexibility index (Phi) is 7.10. The van der Waals surface area contributed by atoms with Gasteiger partial charge in [-0.2, -0.15) is 8.42 Å². The second-order valence-corrected chi connectivity index (χ2v) is 10.5. The molecule has 0 aliphatic heterocycles. The van der Waals surface area contributed by atoms with Crippen LogP contribution >= 0.6 is 11.6 Å². The summed E-state index contributed by atoms with van der Waals surface area (Å²) in [7, 11) is -4.22. The highest BCUT2D eigenvalue weighted by Crippen LogP contribution is 2.33. The Morgan fingerprint density at radius 2 is 1.58 bits per heavy atom. The molecule has 0 aliphatic rings. The highest BCUT2D eigenvalue weighted by molar-refractivity contribution is 7.90. The van der Waals surface area contributed by atoms with Crippen LogP contribution in [-0.2, 0) is 10.0 Å². The lowest BCUT2D eigenvalue weighted by Crippen LogP contribution is -2.31. The van der Waals surface area contributed by atoms with E-state index >= 15 is 0 Å². The quantitative estimate of drug-likeness (QED) is 0.311. The number of aromatic nitrogens is 2. The lowest BCUT2D eigenvalue weighted by atomic mass is 10.1. The third kappa shape index (κ3) is 5.56. The zero-order valence-electron chi connectivity index (χ0n) is 20.2. The number of aryl methyl sites for hydroxylation is 4. The number of hydrogen-bond donors (Lipinski definition) is 1. The van der Waals surface area contributed by atoms with E-state index in [0.717, 1.165) is 22.3 Å². The largest absolute Gasteiger partial charge is 0.438 e. The van der Waals surface area contributed by atoms with Crippen molar-refractivity contribution in [2.75, 3.05) is 0 Å². The molecule has 0 unspecified atom stereocenters. The van der Waals surface area contributed by atoms with E-state index < -0.39 is 15.9 Å². The van der Waals surface area contributed by atoms with Crippen molar-refractivity contribution in [1.82, 2.24) is 14.7 Å². The molecule has 4 rings (SSSR count). The van der Waals surface area contributed by atoms with Gasteiger partial charge < -0.3 is 4.74 Å². The Balaban J connectivity index is 0.00000253. The van der Waals surface area contributed by atoms with Gasteiger partial charge in [0.2, 0.25) is 5.88 Å². The van der Waals surface area contributed by atoms with E-state index in [1.54, 1.807) is 49.4 Å². The monoisotopic (exact) mass is 525 g/mol. The van der Waals surface area contributed by atoms with Gasteiger partial charge in [-0.25, -0.2) is 14.7 Å². The summed E-state index contributed by atoms with van der Waals surface area (Å²) in [6.45, 7) is 7.43. The second kappa shape index (κ2) is 10.1. The van der Waals surface area contributed by atoms with Crippen molar-refractivity contribution in [3.05, 3.63) is 99.7 Å². The van der Waals surface area contributed by atoms with E-state index in [9.17, 15) is 13.2 Å². The lowest BCUT2D eigenvalue weighted by molar-refractivity contribution is 0.0978. The van der Waals surface area contributed by atoms with Gasteiger partial charge >= 0.3 is 0 Å². The number of halogens is 1. The predicted molar refractivity (Wildman–Crippen MR) is 143 cm³/mol. The topological polar surface area (TPSA) is 98.2 Å². The first-order valence-electron chi connectivity index (χ1n) is 11.1. The van der Waals surface area contributed by atoms with Gasteiger partial charge in [-0.15, -0.1) is 0 Å². The van der Waals surface area contributed by atoms with Crippen molar-refractivity contribution in [2.45, 2.75) is 32.7 Å². The minimum absolute atomic E-state index is 0. The summed E-state index contributed by atoms with van der Waals surface area (Å²) >= 11 is 6.01. The minimum atomic E-state index is -4.22. The number of nitrogens with zero attached hydrogens (tertiary/aromatic N) is 2. The van der Waals surface area contributed by atoms with E-state index in [1.807, 2.05) is 32.9 Å². The van der Waals surface area contributed by atoms with Crippen LogP contribution in [0.5, 0.6) is 11.6 Å². The van der Waals surface area contributed by atoms with Crippen LogP contribution in [0.2, 0.25) is 5.02 Å². The Hall–Kier alpha value is -3.75. The molecular weight excluding hydrogens is 498 g/mol. The Labute approximate surface area is 218 Å². The van der Waals surface area contributed by atoms with Gasteiger partial charge in [0.25, 0.3) is 15.9 Å². The van der Waals surface area contributed by atoms with Crippen molar-refractivity contribution >= 4 is 27.5 Å². The fourth-order valence-electron chi connectivity index (χ4n) is 3.79. The number of pyridine rings is 2. The highest BCUT2D eigenvalue weighted by Gasteiger charge is 2.24. The van der Waals surface area contributed by atoms with E-state index in [1.165, 1.54) is 12.1 Å². The van der Waals surface area contributed by atoms with Gasteiger partial charge in [-0.1, -0.05) is 47.5 Å². The van der Waals surface area contributed by atoms with Crippen LogP contribution in [0, 0.1) is 27.7 Å². The molecule has 0 aliphatic carbocycles. The van der Waals surface area contributed by atoms with Crippen LogP contribution in [0.4, 0.5) is 0 Å². The molecule has 0 radical (unpaired) electrons. The summed E-state index contributed by atoms with van der Waals surface area (Å²) < 4.78 is 33.9. The predicted octanol–water partition coefficient (Wildman–Crippen LogP) is 6.43. The molecule has 1 amide bonds. The smallest absolute Gasteiger partial charge is 0.281 e. The van der Waals surface area contributed by atoms with Gasteiger partial charge in [-0.05, 0) is 75.2 Å². The van der Waals surface area contributed by atoms with E-state index in [-0.39, 0.29) is 19.3 Å². The zero-order chi connectivity index (χ0) is 26.0. The molecule has 2 aromatic heterocycles. The fourth-order valence-corrected chi connectivity index (χ4v) is 4.90. The normalized spacial score (nSPS) is 11.2. The fraction of sp³-hybridized carbons (Fsp3) is 0.148. The summed E-state index contributed by atoms with van der Waals surface area (Å²) in [4.78, 5) is 21.8. The summed E-state index contributed by atoms with van der Waals surface area (Å²) in [6, 6.07) is 18.6. The molecule has 0 saturated carbocycles.